The first-order valence-corrected chi connectivity index (χ1v) is 19.4. The number of carbonyl (C=O) groups is 3. The molecule has 16 heteroatoms. The lowest BCUT2D eigenvalue weighted by Gasteiger charge is -2.23. The number of aromatic nitrogens is 1. The number of likely N-dealkylation sites (N-methyl/N-ethyl adjacent to an activating group) is 2. The molecule has 3 amide bonds. The van der Waals surface area contributed by atoms with Gasteiger partial charge in [-0.05, 0) is 69.4 Å². The molecule has 3 aromatic rings. The molecule has 0 aliphatic heterocycles. The first-order valence-electron chi connectivity index (χ1n) is 17.5. The number of nitrogens with two attached hydrogens (primary N) is 1. The molecule has 0 aliphatic carbocycles. The van der Waals surface area contributed by atoms with E-state index in [9.17, 15) is 22.8 Å². The number of ether oxygens (including phenoxy) is 3. The minimum Gasteiger partial charge on any atom is -0.378 e. The predicted molar refractivity (Wildman–Crippen MR) is 206 cm³/mol. The normalized spacial score (nSPS) is 11.4. The van der Waals surface area contributed by atoms with Crippen molar-refractivity contribution in [3.05, 3.63) is 77.5 Å². The lowest BCUT2D eigenvalue weighted by Crippen LogP contribution is -2.36. The van der Waals surface area contributed by atoms with E-state index in [1.807, 2.05) is 25.2 Å². The number of anilines is 2. The average molecular weight is 756 g/mol. The highest BCUT2D eigenvalue weighted by Crippen LogP contribution is 2.32. The maximum Gasteiger partial charge on any atom is 0.255 e. The quantitative estimate of drug-likeness (QED) is 0.114. The summed E-state index contributed by atoms with van der Waals surface area (Å²) in [7, 11) is 0.456. The van der Waals surface area contributed by atoms with Crippen LogP contribution in [0.2, 0.25) is 0 Å². The van der Waals surface area contributed by atoms with Gasteiger partial charge in [-0.1, -0.05) is 6.07 Å². The van der Waals surface area contributed by atoms with Crippen LogP contribution in [0.1, 0.15) is 44.9 Å². The maximum atomic E-state index is 13.5. The number of carbonyl (C=O) groups excluding carboxylic acids is 3. The molecule has 0 saturated heterocycles. The Labute approximate surface area is 312 Å². The molecular weight excluding hydrogens is 703 g/mol. The summed E-state index contributed by atoms with van der Waals surface area (Å²) in [6.45, 7) is 9.99. The fourth-order valence-electron chi connectivity index (χ4n) is 5.17. The average Bonchev–Trinajstić information content (AvgIpc) is 3.14. The Morgan fingerprint density at radius 2 is 1.45 bits per heavy atom. The highest BCUT2D eigenvalue weighted by Gasteiger charge is 2.18. The van der Waals surface area contributed by atoms with Crippen molar-refractivity contribution >= 4 is 39.1 Å². The third kappa shape index (κ3) is 14.8. The Bertz CT molecular complexity index is 1750. The zero-order valence-electron chi connectivity index (χ0n) is 31.3. The molecule has 15 nitrogen and oxygen atoms in total. The molecule has 53 heavy (non-hydrogen) atoms. The summed E-state index contributed by atoms with van der Waals surface area (Å²) in [5.74, 6) is -1.19. The molecule has 290 valence electrons. The Hall–Kier alpha value is -4.45. The molecule has 2 aromatic carbocycles. The minimum absolute atomic E-state index is 0.214. The molecule has 1 heterocycles. The van der Waals surface area contributed by atoms with E-state index in [0.717, 1.165) is 25.0 Å². The van der Waals surface area contributed by atoms with E-state index in [4.69, 9.17) is 19.9 Å². The number of hydrogen-bond donors (Lipinski definition) is 3. The van der Waals surface area contributed by atoms with Crippen LogP contribution in [0.25, 0.3) is 11.3 Å². The number of hydrogen-bond acceptors (Lipinski definition) is 11. The first kappa shape index (κ1) is 43.0. The van der Waals surface area contributed by atoms with Crippen LogP contribution < -0.4 is 20.7 Å². The Kier molecular flexibility index (Phi) is 17.8. The van der Waals surface area contributed by atoms with E-state index < -0.39 is 21.8 Å². The maximum absolute atomic E-state index is 13.5. The summed E-state index contributed by atoms with van der Waals surface area (Å²) in [5, 5.41) is 2.97. The van der Waals surface area contributed by atoms with Gasteiger partial charge in [0.15, 0.2) is 0 Å². The molecule has 4 N–H and O–H groups in total. The van der Waals surface area contributed by atoms with Gasteiger partial charge in [0.2, 0.25) is 15.9 Å². The fraction of sp³-hybridized carbons (Fsp3) is 0.459. The van der Waals surface area contributed by atoms with E-state index >= 15 is 0 Å². The molecule has 0 atom stereocenters. The van der Waals surface area contributed by atoms with Crippen LogP contribution in [0, 0.1) is 0 Å². The van der Waals surface area contributed by atoms with E-state index in [1.165, 1.54) is 6.20 Å². The summed E-state index contributed by atoms with van der Waals surface area (Å²) < 4.78 is 40.7. The molecular formula is C37H53N7O8S. The lowest BCUT2D eigenvalue weighted by molar-refractivity contribution is 0.0124. The third-order valence-electron chi connectivity index (χ3n) is 8.21. The van der Waals surface area contributed by atoms with E-state index in [2.05, 4.69) is 38.7 Å². The van der Waals surface area contributed by atoms with Crippen molar-refractivity contribution in [2.24, 2.45) is 5.73 Å². The van der Waals surface area contributed by atoms with Gasteiger partial charge in [0.05, 0.1) is 57.3 Å². The van der Waals surface area contributed by atoms with Gasteiger partial charge in [-0.3, -0.25) is 19.4 Å². The van der Waals surface area contributed by atoms with Crippen molar-refractivity contribution < 1.29 is 37.0 Å². The summed E-state index contributed by atoms with van der Waals surface area (Å²) in [6, 6.07) is 15.4. The Morgan fingerprint density at radius 1 is 0.792 bits per heavy atom. The number of primary amides is 1. The number of pyridine rings is 1. The second kappa shape index (κ2) is 21.9. The topological polar surface area (TPSA) is 186 Å². The fourth-order valence-corrected chi connectivity index (χ4v) is 5.63. The predicted octanol–water partition coefficient (Wildman–Crippen LogP) is 2.55. The second-order valence-corrected chi connectivity index (χ2v) is 14.1. The molecule has 0 saturated carbocycles. The van der Waals surface area contributed by atoms with Crippen molar-refractivity contribution in [3.8, 4) is 11.3 Å². The monoisotopic (exact) mass is 755 g/mol. The number of amides is 3. The minimum atomic E-state index is -3.21. The molecule has 0 spiro atoms. The van der Waals surface area contributed by atoms with Crippen LogP contribution in [0.4, 0.5) is 11.4 Å². The highest BCUT2D eigenvalue weighted by molar-refractivity contribution is 7.88. The number of rotatable bonds is 24. The summed E-state index contributed by atoms with van der Waals surface area (Å²) in [6.07, 6.45) is 2.61. The Morgan fingerprint density at radius 3 is 2.11 bits per heavy atom. The van der Waals surface area contributed by atoms with Gasteiger partial charge in [0.25, 0.3) is 11.8 Å². The summed E-state index contributed by atoms with van der Waals surface area (Å²) >= 11 is 0. The van der Waals surface area contributed by atoms with Crippen molar-refractivity contribution in [2.75, 3.05) is 109 Å². The number of nitrogens with zero attached hydrogens (tertiary/aromatic N) is 4. The van der Waals surface area contributed by atoms with Crippen LogP contribution in [0.15, 0.2) is 60.8 Å². The lowest BCUT2D eigenvalue weighted by atomic mass is 10.0. The van der Waals surface area contributed by atoms with Crippen molar-refractivity contribution in [2.45, 2.75) is 13.8 Å². The number of nitrogens with one attached hydrogen (secondary N) is 2. The largest absolute Gasteiger partial charge is 0.378 e. The van der Waals surface area contributed by atoms with Gasteiger partial charge < -0.3 is 40.0 Å². The van der Waals surface area contributed by atoms with Crippen molar-refractivity contribution in [1.82, 2.24) is 19.5 Å². The zero-order chi connectivity index (χ0) is 38.8. The molecule has 0 bridgehead atoms. The van der Waals surface area contributed by atoms with E-state index in [1.54, 1.807) is 48.3 Å². The van der Waals surface area contributed by atoms with Crippen LogP contribution in [0.3, 0.4) is 0 Å². The smallest absolute Gasteiger partial charge is 0.255 e. The van der Waals surface area contributed by atoms with E-state index in [-0.39, 0.29) is 19.1 Å². The van der Waals surface area contributed by atoms with Crippen LogP contribution in [-0.4, -0.2) is 140 Å². The number of benzene rings is 2. The van der Waals surface area contributed by atoms with Gasteiger partial charge in [-0.25, -0.2) is 13.1 Å². The van der Waals surface area contributed by atoms with Gasteiger partial charge in [0, 0.05) is 80.5 Å². The van der Waals surface area contributed by atoms with Crippen molar-refractivity contribution in [3.63, 3.8) is 0 Å². The Balaban J connectivity index is 1.49. The summed E-state index contributed by atoms with van der Waals surface area (Å²) in [5.41, 5.74) is 9.08. The van der Waals surface area contributed by atoms with Gasteiger partial charge >= 0.3 is 0 Å². The van der Waals surface area contributed by atoms with Crippen molar-refractivity contribution in [1.29, 1.82) is 0 Å². The van der Waals surface area contributed by atoms with Crippen LogP contribution >= 0.6 is 0 Å². The molecule has 1 aromatic heterocycles. The highest BCUT2D eigenvalue weighted by atomic mass is 32.2. The van der Waals surface area contributed by atoms with E-state index in [0.29, 0.717) is 86.3 Å². The summed E-state index contributed by atoms with van der Waals surface area (Å²) in [4.78, 5) is 49.1. The second-order valence-electron chi connectivity index (χ2n) is 12.3. The third-order valence-corrected chi connectivity index (χ3v) is 8.94. The molecule has 3 rings (SSSR count). The number of sulfonamides is 1. The zero-order valence-corrected chi connectivity index (χ0v) is 32.1. The van der Waals surface area contributed by atoms with Gasteiger partial charge in [0.1, 0.15) is 0 Å². The molecule has 0 aliphatic rings. The molecule has 0 unspecified atom stereocenters. The SMILES string of the molecule is CCN(CC)c1ccc(NC(=O)c2cccc(C(=O)N(C)CCN(C)CCOCCOCCOCCNS(C)(=O)=O)c2)c(-c2cc(C(N)=O)ccn2)c1. The first-order chi connectivity index (χ1) is 25.3. The molecule has 0 radical (unpaired) electrons. The van der Waals surface area contributed by atoms with Crippen LogP contribution in [-0.2, 0) is 24.2 Å². The van der Waals surface area contributed by atoms with Crippen LogP contribution in [0.5, 0.6) is 0 Å². The van der Waals surface area contributed by atoms with Gasteiger partial charge in [-0.15, -0.1) is 0 Å². The standard InChI is InChI=1S/C37H53N7O8S/c1-6-44(7-2)31-11-12-33(32(27-31)34-26-28(35(38)45)13-14-39-34)41-36(46)29-9-8-10-30(25-29)37(47)43(4)17-16-42(3)18-20-51-22-24-52-23-21-50-19-15-40-53(5,48)49/h8-14,25-27,40H,6-7,15-24H2,1-5H3,(H2,38,45)(H,41,46). The van der Waals surface area contributed by atoms with Gasteiger partial charge in [-0.2, -0.15) is 0 Å². The molecule has 0 fully saturated rings.